The highest BCUT2D eigenvalue weighted by Gasteiger charge is 2.22. The van der Waals surface area contributed by atoms with E-state index in [0.717, 1.165) is 35.2 Å². The lowest BCUT2D eigenvalue weighted by atomic mass is 10.2. The zero-order valence-corrected chi connectivity index (χ0v) is 22.9. The fourth-order valence-electron chi connectivity index (χ4n) is 3.97. The van der Waals surface area contributed by atoms with Gasteiger partial charge in [-0.1, -0.05) is 46.6 Å². The summed E-state index contributed by atoms with van der Waals surface area (Å²) in [5.41, 5.74) is 2.42. The summed E-state index contributed by atoms with van der Waals surface area (Å²) in [7, 11) is 0. The van der Waals surface area contributed by atoms with Crippen LogP contribution in [0.5, 0.6) is 0 Å². The molecule has 1 fully saturated rings. The molecule has 2 N–H and O–H groups in total. The van der Waals surface area contributed by atoms with E-state index >= 15 is 0 Å². The maximum atomic E-state index is 12.6. The summed E-state index contributed by atoms with van der Waals surface area (Å²) in [6.07, 6.45) is 1.44. The fourth-order valence-corrected chi connectivity index (χ4v) is 4.74. The highest BCUT2D eigenvalue weighted by Crippen LogP contribution is 2.30. The van der Waals surface area contributed by atoms with Gasteiger partial charge in [0.05, 0.1) is 10.7 Å². The van der Waals surface area contributed by atoms with Crippen LogP contribution in [-0.4, -0.2) is 48.0 Å². The second-order valence-electron chi connectivity index (χ2n) is 8.36. The van der Waals surface area contributed by atoms with Crippen molar-refractivity contribution in [1.82, 2.24) is 10.2 Å². The lowest BCUT2D eigenvalue weighted by Gasteiger charge is -2.36. The summed E-state index contributed by atoms with van der Waals surface area (Å²) in [5.74, 6) is 0.498. The van der Waals surface area contributed by atoms with E-state index in [4.69, 9.17) is 28.2 Å². The summed E-state index contributed by atoms with van der Waals surface area (Å²) in [6, 6.07) is 16.5. The van der Waals surface area contributed by atoms with Gasteiger partial charge >= 0.3 is 0 Å². The quantitative estimate of drug-likeness (QED) is 0.347. The Hall–Kier alpha value is -2.88. The first-order valence-corrected chi connectivity index (χ1v) is 13.2. The Bertz CT molecular complexity index is 1260. The van der Waals surface area contributed by atoms with Gasteiger partial charge in [-0.15, -0.1) is 0 Å². The molecule has 1 aromatic heterocycles. The number of furan rings is 1. The second-order valence-corrected chi connectivity index (χ2v) is 10.1. The predicted octanol–water partition coefficient (Wildman–Crippen LogP) is 5.94. The van der Waals surface area contributed by atoms with Crippen molar-refractivity contribution in [3.05, 3.63) is 69.9 Å². The third kappa shape index (κ3) is 6.46. The molecule has 1 aliphatic rings. The van der Waals surface area contributed by atoms with Crippen LogP contribution in [-0.2, 0) is 4.79 Å². The molecule has 4 rings (SSSR count). The van der Waals surface area contributed by atoms with Crippen molar-refractivity contribution in [3.63, 3.8) is 0 Å². The minimum Gasteiger partial charge on any atom is -0.451 e. The molecule has 36 heavy (non-hydrogen) atoms. The van der Waals surface area contributed by atoms with E-state index in [0.29, 0.717) is 36.0 Å². The molecular formula is C26H26BrClN4O3S. The zero-order chi connectivity index (χ0) is 25.7. The molecule has 0 saturated carbocycles. The number of hydrogen-bond acceptors (Lipinski definition) is 5. The number of benzene rings is 2. The van der Waals surface area contributed by atoms with E-state index in [-0.39, 0.29) is 16.8 Å². The van der Waals surface area contributed by atoms with Gasteiger partial charge in [-0.25, -0.2) is 0 Å². The van der Waals surface area contributed by atoms with Gasteiger partial charge in [0.1, 0.15) is 5.76 Å². The molecular weight excluding hydrogens is 564 g/mol. The van der Waals surface area contributed by atoms with Gasteiger partial charge in [0.25, 0.3) is 5.91 Å². The van der Waals surface area contributed by atoms with Gasteiger partial charge in [0.15, 0.2) is 10.9 Å². The molecule has 2 amide bonds. The van der Waals surface area contributed by atoms with E-state index in [1.807, 2.05) is 48.2 Å². The summed E-state index contributed by atoms with van der Waals surface area (Å²) in [4.78, 5) is 28.8. The van der Waals surface area contributed by atoms with Crippen LogP contribution in [0.1, 0.15) is 30.3 Å². The third-order valence-corrected chi connectivity index (χ3v) is 6.86. The molecule has 2 aromatic carbocycles. The number of piperazine rings is 1. The molecule has 0 atom stereocenters. The topological polar surface area (TPSA) is 77.8 Å². The molecule has 188 valence electrons. The molecule has 0 bridgehead atoms. The Morgan fingerprint density at radius 2 is 1.78 bits per heavy atom. The fraction of sp³-hybridized carbons (Fsp3) is 0.269. The molecule has 10 heteroatoms. The third-order valence-electron chi connectivity index (χ3n) is 5.83. The van der Waals surface area contributed by atoms with E-state index in [9.17, 15) is 9.59 Å². The first-order valence-electron chi connectivity index (χ1n) is 11.6. The SMILES string of the molecule is CCCC(=O)N1CCN(c2ccc(NC(=S)NC(=O)c3ccc(-c4ccc(Br)cc4)o3)cc2Cl)CC1. The summed E-state index contributed by atoms with van der Waals surface area (Å²) in [6.45, 7) is 4.82. The van der Waals surface area contributed by atoms with Crippen LogP contribution in [0.15, 0.2) is 63.5 Å². The van der Waals surface area contributed by atoms with Crippen molar-refractivity contribution in [1.29, 1.82) is 0 Å². The Labute approximate surface area is 228 Å². The number of carbonyl (C=O) groups is 2. The highest BCUT2D eigenvalue weighted by molar-refractivity contribution is 9.10. The van der Waals surface area contributed by atoms with Crippen molar-refractivity contribution in [2.45, 2.75) is 19.8 Å². The molecule has 1 aliphatic heterocycles. The van der Waals surface area contributed by atoms with Crippen molar-refractivity contribution in [2.75, 3.05) is 36.4 Å². The highest BCUT2D eigenvalue weighted by atomic mass is 79.9. The van der Waals surface area contributed by atoms with Crippen LogP contribution < -0.4 is 15.5 Å². The van der Waals surface area contributed by atoms with Gasteiger partial charge in [-0.3, -0.25) is 14.9 Å². The number of thiocarbonyl (C=S) groups is 1. The largest absolute Gasteiger partial charge is 0.451 e. The van der Waals surface area contributed by atoms with Crippen LogP contribution in [0.2, 0.25) is 5.02 Å². The van der Waals surface area contributed by atoms with E-state index in [1.54, 1.807) is 18.2 Å². The number of nitrogens with one attached hydrogen (secondary N) is 2. The Morgan fingerprint density at radius 3 is 2.44 bits per heavy atom. The molecule has 0 spiro atoms. The Balaban J connectivity index is 1.32. The van der Waals surface area contributed by atoms with Gasteiger partial charge < -0.3 is 19.5 Å². The number of amides is 2. The van der Waals surface area contributed by atoms with Gasteiger partial charge in [0.2, 0.25) is 5.91 Å². The summed E-state index contributed by atoms with van der Waals surface area (Å²) in [5, 5.41) is 6.32. The molecule has 3 aromatic rings. The number of halogens is 2. The van der Waals surface area contributed by atoms with Gasteiger partial charge in [-0.2, -0.15) is 0 Å². The van der Waals surface area contributed by atoms with Crippen LogP contribution in [0.25, 0.3) is 11.3 Å². The first kappa shape index (κ1) is 26.2. The summed E-state index contributed by atoms with van der Waals surface area (Å²) >= 11 is 15.3. The van der Waals surface area contributed by atoms with E-state index < -0.39 is 5.91 Å². The standard InChI is InChI=1S/C26H26BrClN4O3S/c1-2-3-24(33)32-14-12-31(13-15-32)21-9-8-19(16-20(21)28)29-26(36)30-25(34)23-11-10-22(35-23)17-4-6-18(27)7-5-17/h4-11,16H,2-3,12-15H2,1H3,(H2,29,30,34,36). The number of anilines is 2. The lowest BCUT2D eigenvalue weighted by molar-refractivity contribution is -0.131. The Kier molecular flexibility index (Phi) is 8.66. The van der Waals surface area contributed by atoms with E-state index in [2.05, 4.69) is 31.5 Å². The van der Waals surface area contributed by atoms with Gasteiger partial charge in [0, 0.05) is 48.3 Å². The van der Waals surface area contributed by atoms with Crippen molar-refractivity contribution < 1.29 is 14.0 Å². The normalized spacial score (nSPS) is 13.4. The second kappa shape index (κ2) is 11.9. The van der Waals surface area contributed by atoms with Crippen LogP contribution >= 0.6 is 39.7 Å². The van der Waals surface area contributed by atoms with E-state index in [1.165, 1.54) is 0 Å². The smallest absolute Gasteiger partial charge is 0.293 e. The minimum absolute atomic E-state index is 0.133. The maximum absolute atomic E-state index is 12.6. The number of nitrogens with zero attached hydrogens (tertiary/aromatic N) is 2. The number of hydrogen-bond donors (Lipinski definition) is 2. The number of carbonyl (C=O) groups excluding carboxylic acids is 2. The average molecular weight is 590 g/mol. The van der Waals surface area contributed by atoms with Crippen LogP contribution in [0, 0.1) is 0 Å². The van der Waals surface area contributed by atoms with Crippen molar-refractivity contribution in [3.8, 4) is 11.3 Å². The number of rotatable bonds is 6. The van der Waals surface area contributed by atoms with Gasteiger partial charge in [-0.05, 0) is 61.1 Å². The van der Waals surface area contributed by atoms with Crippen molar-refractivity contribution >= 4 is 68.1 Å². The van der Waals surface area contributed by atoms with Crippen LogP contribution in [0.4, 0.5) is 11.4 Å². The molecule has 7 nitrogen and oxygen atoms in total. The molecule has 2 heterocycles. The molecule has 0 aliphatic carbocycles. The average Bonchev–Trinajstić information content (AvgIpc) is 3.35. The molecule has 0 unspecified atom stereocenters. The first-order chi connectivity index (χ1) is 17.3. The van der Waals surface area contributed by atoms with Crippen molar-refractivity contribution in [2.24, 2.45) is 0 Å². The predicted molar refractivity (Wildman–Crippen MR) is 151 cm³/mol. The maximum Gasteiger partial charge on any atom is 0.293 e. The molecule has 1 saturated heterocycles. The zero-order valence-electron chi connectivity index (χ0n) is 19.7. The Morgan fingerprint density at radius 1 is 1.06 bits per heavy atom. The lowest BCUT2D eigenvalue weighted by Crippen LogP contribution is -2.48. The van der Waals surface area contributed by atoms with Crippen LogP contribution in [0.3, 0.4) is 0 Å². The monoisotopic (exact) mass is 588 g/mol. The summed E-state index contributed by atoms with van der Waals surface area (Å²) < 4.78 is 6.65. The minimum atomic E-state index is -0.450. The molecule has 0 radical (unpaired) electrons.